The van der Waals surface area contributed by atoms with Crippen LogP contribution in [0.5, 0.6) is 0 Å². The van der Waals surface area contributed by atoms with Crippen LogP contribution in [0.2, 0.25) is 0 Å². The topological polar surface area (TPSA) is 17.1 Å². The van der Waals surface area contributed by atoms with E-state index < -0.39 is 5.82 Å². The van der Waals surface area contributed by atoms with E-state index in [1.807, 2.05) is 13.0 Å². The Labute approximate surface area is 119 Å². The van der Waals surface area contributed by atoms with Crippen molar-refractivity contribution in [2.45, 2.75) is 6.92 Å². The molecule has 0 aliphatic rings. The molecule has 0 bridgehead atoms. The minimum absolute atomic E-state index is 0.0851. The van der Waals surface area contributed by atoms with Crippen LogP contribution in [0.25, 0.3) is 0 Å². The average molecular weight is 378 g/mol. The van der Waals surface area contributed by atoms with Crippen molar-refractivity contribution in [2.24, 2.45) is 0 Å². The van der Waals surface area contributed by atoms with Crippen molar-refractivity contribution in [1.29, 1.82) is 0 Å². The van der Waals surface area contributed by atoms with E-state index in [-0.39, 0.29) is 11.3 Å². The van der Waals surface area contributed by atoms with Gasteiger partial charge in [0.1, 0.15) is 5.82 Å². The zero-order valence-electron chi connectivity index (χ0n) is 8.76. The highest BCUT2D eigenvalue weighted by atomic mass is 79.9. The van der Waals surface area contributed by atoms with Crippen molar-refractivity contribution < 1.29 is 9.18 Å². The van der Waals surface area contributed by atoms with Gasteiger partial charge in [0.15, 0.2) is 0 Å². The van der Waals surface area contributed by atoms with Gasteiger partial charge in [0.2, 0.25) is 5.78 Å². The molecule has 0 spiro atoms. The van der Waals surface area contributed by atoms with E-state index in [9.17, 15) is 9.18 Å². The number of carbonyl (C=O) groups is 1. The maximum absolute atomic E-state index is 13.8. The van der Waals surface area contributed by atoms with Gasteiger partial charge >= 0.3 is 0 Å². The number of rotatable bonds is 2. The molecule has 0 fully saturated rings. The number of carbonyl (C=O) groups excluding carboxylic acids is 1. The number of halogens is 3. The largest absolute Gasteiger partial charge is 0.288 e. The number of thiophene rings is 1. The molecule has 0 saturated carbocycles. The van der Waals surface area contributed by atoms with Gasteiger partial charge in [-0.1, -0.05) is 6.07 Å². The molecule has 5 heteroatoms. The Morgan fingerprint density at radius 1 is 1.29 bits per heavy atom. The molecule has 0 atom stereocenters. The highest BCUT2D eigenvalue weighted by molar-refractivity contribution is 9.10. The highest BCUT2D eigenvalue weighted by Crippen LogP contribution is 2.30. The van der Waals surface area contributed by atoms with Gasteiger partial charge < -0.3 is 0 Å². The van der Waals surface area contributed by atoms with Gasteiger partial charge in [-0.25, -0.2) is 4.39 Å². The average Bonchev–Trinajstić information content (AvgIpc) is 2.61. The third kappa shape index (κ3) is 2.51. The van der Waals surface area contributed by atoms with Crippen LogP contribution in [-0.2, 0) is 0 Å². The van der Waals surface area contributed by atoms with E-state index in [1.54, 1.807) is 12.1 Å². The smallest absolute Gasteiger partial charge is 0.207 e. The summed E-state index contributed by atoms with van der Waals surface area (Å²) in [4.78, 5) is 13.7. The van der Waals surface area contributed by atoms with E-state index in [2.05, 4.69) is 31.9 Å². The van der Waals surface area contributed by atoms with E-state index in [4.69, 9.17) is 0 Å². The van der Waals surface area contributed by atoms with Gasteiger partial charge in [-0.2, -0.15) is 0 Å². The van der Waals surface area contributed by atoms with E-state index in [0.29, 0.717) is 13.8 Å². The zero-order valence-corrected chi connectivity index (χ0v) is 12.7. The van der Waals surface area contributed by atoms with Crippen LogP contribution in [0.3, 0.4) is 0 Å². The summed E-state index contributed by atoms with van der Waals surface area (Å²) in [7, 11) is 0. The summed E-state index contributed by atoms with van der Waals surface area (Å²) in [5.74, 6) is -0.816. The number of benzene rings is 1. The van der Waals surface area contributed by atoms with Crippen molar-refractivity contribution in [3.05, 3.63) is 54.3 Å². The third-order valence-corrected chi connectivity index (χ3v) is 4.76. The van der Waals surface area contributed by atoms with Crippen molar-refractivity contribution in [2.75, 3.05) is 0 Å². The Morgan fingerprint density at radius 3 is 2.59 bits per heavy atom. The first-order chi connectivity index (χ1) is 8.00. The Hall–Kier alpha value is -0.520. The lowest BCUT2D eigenvalue weighted by Crippen LogP contribution is -2.03. The summed E-state index contributed by atoms with van der Waals surface area (Å²) in [5, 5.41) is 0. The third-order valence-electron chi connectivity index (χ3n) is 2.21. The Kier molecular flexibility index (Phi) is 3.80. The zero-order chi connectivity index (χ0) is 12.6. The van der Waals surface area contributed by atoms with Gasteiger partial charge in [-0.05, 0) is 57.0 Å². The van der Waals surface area contributed by atoms with Gasteiger partial charge in [-0.15, -0.1) is 11.3 Å². The molecule has 88 valence electrons. The summed E-state index contributed by atoms with van der Waals surface area (Å²) in [6.45, 7) is 1.91. The summed E-state index contributed by atoms with van der Waals surface area (Å²) in [6, 6.07) is 6.56. The molecule has 1 nitrogen and oxygen atoms in total. The molecule has 0 aliphatic carbocycles. The molecule has 0 saturated heterocycles. The predicted octanol–water partition coefficient (Wildman–Crippen LogP) is 4.95. The Morgan fingerprint density at radius 2 is 2.00 bits per heavy atom. The number of aryl methyl sites for hydroxylation is 1. The highest BCUT2D eigenvalue weighted by Gasteiger charge is 2.19. The number of hydrogen-bond acceptors (Lipinski definition) is 2. The quantitative estimate of drug-likeness (QED) is 0.676. The summed E-state index contributed by atoms with van der Waals surface area (Å²) >= 11 is 7.74. The Bertz CT molecular complexity index is 592. The van der Waals surface area contributed by atoms with Crippen LogP contribution < -0.4 is 0 Å². The molecule has 0 radical (unpaired) electrons. The lowest BCUT2D eigenvalue weighted by molar-refractivity contribution is 0.103. The van der Waals surface area contributed by atoms with Crippen LogP contribution in [0.15, 0.2) is 33.2 Å². The number of hydrogen-bond donors (Lipinski definition) is 0. The molecule has 1 aromatic carbocycles. The maximum atomic E-state index is 13.8. The van der Waals surface area contributed by atoms with Crippen LogP contribution >= 0.6 is 43.2 Å². The normalized spacial score (nSPS) is 10.6. The molecular weight excluding hydrogens is 371 g/mol. The van der Waals surface area contributed by atoms with Crippen molar-refractivity contribution in [3.63, 3.8) is 0 Å². The fourth-order valence-electron chi connectivity index (χ4n) is 1.44. The Balaban J connectivity index is 2.51. The molecule has 0 N–H and O–H groups in total. The van der Waals surface area contributed by atoms with Crippen molar-refractivity contribution in [3.8, 4) is 0 Å². The second kappa shape index (κ2) is 5.00. The molecular formula is C12H7Br2FOS. The molecule has 0 unspecified atom stereocenters. The second-order valence-corrected chi connectivity index (χ2v) is 6.43. The molecule has 1 aromatic heterocycles. The predicted molar refractivity (Wildman–Crippen MR) is 74.3 cm³/mol. The number of ketones is 1. The first-order valence-electron chi connectivity index (χ1n) is 4.75. The fourth-order valence-corrected chi connectivity index (χ4v) is 3.58. The van der Waals surface area contributed by atoms with Crippen LogP contribution in [-0.4, -0.2) is 5.78 Å². The minimum atomic E-state index is -0.518. The van der Waals surface area contributed by atoms with Gasteiger partial charge in [-0.3, -0.25) is 4.79 Å². The first kappa shape index (κ1) is 12.9. The van der Waals surface area contributed by atoms with Crippen LogP contribution in [0.1, 0.15) is 20.1 Å². The minimum Gasteiger partial charge on any atom is -0.288 e. The molecule has 0 aliphatic heterocycles. The van der Waals surface area contributed by atoms with E-state index >= 15 is 0 Å². The first-order valence-corrected chi connectivity index (χ1v) is 7.15. The van der Waals surface area contributed by atoms with Crippen molar-refractivity contribution in [1.82, 2.24) is 0 Å². The van der Waals surface area contributed by atoms with Crippen LogP contribution in [0, 0.1) is 12.7 Å². The molecule has 17 heavy (non-hydrogen) atoms. The molecule has 1 heterocycles. The SMILES string of the molecule is Cc1cc(Br)c(C(=O)c2cccc(Br)c2F)s1. The lowest BCUT2D eigenvalue weighted by Gasteiger charge is -2.02. The molecule has 2 aromatic rings. The monoisotopic (exact) mass is 376 g/mol. The van der Waals surface area contributed by atoms with Gasteiger partial charge in [0, 0.05) is 9.35 Å². The van der Waals surface area contributed by atoms with Crippen molar-refractivity contribution >= 4 is 49.0 Å². The van der Waals surface area contributed by atoms with E-state index in [1.165, 1.54) is 17.4 Å². The van der Waals surface area contributed by atoms with Crippen LogP contribution in [0.4, 0.5) is 4.39 Å². The second-order valence-electron chi connectivity index (χ2n) is 3.46. The lowest BCUT2D eigenvalue weighted by atomic mass is 10.1. The molecule has 0 amide bonds. The van der Waals surface area contributed by atoms with Gasteiger partial charge in [0.05, 0.1) is 14.9 Å². The van der Waals surface area contributed by atoms with Gasteiger partial charge in [0.25, 0.3) is 0 Å². The molecule has 2 rings (SSSR count). The van der Waals surface area contributed by atoms with E-state index in [0.717, 1.165) is 4.88 Å². The maximum Gasteiger partial charge on any atom is 0.207 e. The standard InChI is InChI=1S/C12H7Br2FOS/c1-6-5-9(14)12(17-6)11(16)7-3-2-4-8(13)10(7)15/h2-5H,1H3. The summed E-state index contributed by atoms with van der Waals surface area (Å²) in [5.41, 5.74) is 0.0851. The fraction of sp³-hybridized carbons (Fsp3) is 0.0833. The summed E-state index contributed by atoms with van der Waals surface area (Å²) < 4.78 is 14.8. The summed E-state index contributed by atoms with van der Waals surface area (Å²) in [6.07, 6.45) is 0.